The fraction of sp³-hybridized carbons (Fsp3) is 0.545. The largest absolute Gasteiger partial charge is 0.373 e. The van der Waals surface area contributed by atoms with Crippen molar-refractivity contribution in [2.45, 2.75) is 51.5 Å². The van der Waals surface area contributed by atoms with E-state index in [9.17, 15) is 4.79 Å². The van der Waals surface area contributed by atoms with Crippen molar-refractivity contribution in [1.29, 1.82) is 0 Å². The van der Waals surface area contributed by atoms with E-state index in [-0.39, 0.29) is 18.1 Å². The zero-order chi connectivity index (χ0) is 19.5. The predicted molar refractivity (Wildman–Crippen MR) is 108 cm³/mol. The van der Waals surface area contributed by atoms with Crippen molar-refractivity contribution < 1.29 is 9.53 Å². The maximum Gasteiger partial charge on any atom is 0.254 e. The van der Waals surface area contributed by atoms with E-state index in [1.807, 2.05) is 41.2 Å². The summed E-state index contributed by atoms with van der Waals surface area (Å²) in [6.07, 6.45) is 6.42. The minimum Gasteiger partial charge on any atom is -0.373 e. The van der Waals surface area contributed by atoms with Crippen molar-refractivity contribution in [2.75, 3.05) is 26.2 Å². The molecule has 2 aliphatic heterocycles. The van der Waals surface area contributed by atoms with E-state index in [4.69, 9.17) is 4.74 Å². The molecule has 0 spiro atoms. The molecule has 150 valence electrons. The Hall–Kier alpha value is -2.18. The van der Waals surface area contributed by atoms with Gasteiger partial charge < -0.3 is 9.64 Å². The number of hydrogen-bond donors (Lipinski definition) is 0. The molecule has 6 heteroatoms. The van der Waals surface area contributed by atoms with E-state index >= 15 is 0 Å². The third kappa shape index (κ3) is 4.45. The Kier molecular flexibility index (Phi) is 5.78. The Morgan fingerprint density at radius 1 is 1.18 bits per heavy atom. The Balaban J connectivity index is 1.39. The van der Waals surface area contributed by atoms with Gasteiger partial charge in [0.1, 0.15) is 0 Å². The molecule has 2 fully saturated rings. The number of carbonyl (C=O) groups is 1. The van der Waals surface area contributed by atoms with Crippen LogP contribution in [0.15, 0.2) is 42.7 Å². The van der Waals surface area contributed by atoms with Gasteiger partial charge in [-0.05, 0) is 50.5 Å². The van der Waals surface area contributed by atoms with Crippen molar-refractivity contribution in [3.63, 3.8) is 0 Å². The molecule has 3 heterocycles. The molecule has 2 saturated heterocycles. The molecule has 0 radical (unpaired) electrons. The standard InChI is InChI=1S/C22H30N4O2/c1-17-13-24(14-18(2)28-17)16-21-5-3-12-26(21)22(27)20-8-6-19(7-9-20)15-25-11-4-10-23-25/h4,6-11,17-18,21H,3,5,12-16H2,1-2H3. The highest BCUT2D eigenvalue weighted by molar-refractivity contribution is 5.94. The second-order valence-corrected chi connectivity index (χ2v) is 8.17. The first kappa shape index (κ1) is 19.2. The van der Waals surface area contributed by atoms with Crippen LogP contribution < -0.4 is 0 Å². The first-order valence-electron chi connectivity index (χ1n) is 10.3. The molecule has 0 saturated carbocycles. The number of hydrogen-bond acceptors (Lipinski definition) is 4. The Morgan fingerprint density at radius 2 is 1.93 bits per heavy atom. The smallest absolute Gasteiger partial charge is 0.254 e. The molecule has 2 aliphatic rings. The second-order valence-electron chi connectivity index (χ2n) is 8.17. The number of nitrogens with zero attached hydrogens (tertiary/aromatic N) is 4. The molecule has 3 unspecified atom stereocenters. The van der Waals surface area contributed by atoms with E-state index < -0.39 is 0 Å². The molecule has 1 aromatic carbocycles. The number of likely N-dealkylation sites (tertiary alicyclic amines) is 1. The molecule has 1 aromatic heterocycles. The first-order chi connectivity index (χ1) is 13.6. The molecular weight excluding hydrogens is 352 g/mol. The lowest BCUT2D eigenvalue weighted by Crippen LogP contribution is -2.50. The van der Waals surface area contributed by atoms with Gasteiger partial charge in [0.2, 0.25) is 0 Å². The highest BCUT2D eigenvalue weighted by Crippen LogP contribution is 2.23. The number of carbonyl (C=O) groups excluding carboxylic acids is 1. The van der Waals surface area contributed by atoms with E-state index in [0.29, 0.717) is 6.04 Å². The normalized spacial score (nSPS) is 25.9. The van der Waals surface area contributed by atoms with E-state index in [2.05, 4.69) is 28.7 Å². The van der Waals surface area contributed by atoms with Crippen LogP contribution in [0.1, 0.15) is 42.6 Å². The first-order valence-corrected chi connectivity index (χ1v) is 10.3. The summed E-state index contributed by atoms with van der Waals surface area (Å²) in [5.74, 6) is 0.155. The van der Waals surface area contributed by atoms with Crippen LogP contribution in [-0.4, -0.2) is 69.9 Å². The monoisotopic (exact) mass is 382 g/mol. The number of amides is 1. The SMILES string of the molecule is CC1CN(CC2CCCN2C(=O)c2ccc(Cn3cccn3)cc2)CC(C)O1. The van der Waals surface area contributed by atoms with Crippen LogP contribution in [0.25, 0.3) is 0 Å². The van der Waals surface area contributed by atoms with Crippen molar-refractivity contribution in [3.05, 3.63) is 53.9 Å². The number of benzene rings is 1. The zero-order valence-corrected chi connectivity index (χ0v) is 16.8. The van der Waals surface area contributed by atoms with Gasteiger partial charge in [0.15, 0.2) is 0 Å². The second kappa shape index (κ2) is 8.45. The van der Waals surface area contributed by atoms with Crippen LogP contribution in [-0.2, 0) is 11.3 Å². The third-order valence-corrected chi connectivity index (χ3v) is 5.71. The molecule has 3 atom stereocenters. The van der Waals surface area contributed by atoms with Crippen molar-refractivity contribution in [1.82, 2.24) is 19.6 Å². The Bertz CT molecular complexity index is 764. The van der Waals surface area contributed by atoms with Gasteiger partial charge in [0.25, 0.3) is 5.91 Å². The van der Waals surface area contributed by atoms with Gasteiger partial charge >= 0.3 is 0 Å². The highest BCUT2D eigenvalue weighted by atomic mass is 16.5. The maximum atomic E-state index is 13.1. The average Bonchev–Trinajstić information content (AvgIpc) is 3.33. The van der Waals surface area contributed by atoms with Gasteiger partial charge in [-0.15, -0.1) is 0 Å². The lowest BCUT2D eigenvalue weighted by Gasteiger charge is -2.38. The number of aromatic nitrogens is 2. The molecule has 0 bridgehead atoms. The van der Waals surface area contributed by atoms with E-state index in [1.54, 1.807) is 6.20 Å². The van der Waals surface area contributed by atoms with Crippen molar-refractivity contribution >= 4 is 5.91 Å². The van der Waals surface area contributed by atoms with Crippen LogP contribution in [0.2, 0.25) is 0 Å². The minimum atomic E-state index is 0.155. The van der Waals surface area contributed by atoms with Crippen LogP contribution in [0.5, 0.6) is 0 Å². The van der Waals surface area contributed by atoms with Gasteiger partial charge in [-0.1, -0.05) is 12.1 Å². The van der Waals surface area contributed by atoms with Crippen molar-refractivity contribution in [2.24, 2.45) is 0 Å². The third-order valence-electron chi connectivity index (χ3n) is 5.71. The molecule has 2 aromatic rings. The lowest BCUT2D eigenvalue weighted by molar-refractivity contribution is -0.0715. The average molecular weight is 383 g/mol. The van der Waals surface area contributed by atoms with Crippen LogP contribution in [0.4, 0.5) is 0 Å². The summed E-state index contributed by atoms with van der Waals surface area (Å²) in [6, 6.07) is 10.2. The summed E-state index contributed by atoms with van der Waals surface area (Å²) in [7, 11) is 0. The van der Waals surface area contributed by atoms with Gasteiger partial charge in [-0.25, -0.2) is 0 Å². The molecule has 28 heavy (non-hydrogen) atoms. The Morgan fingerprint density at radius 3 is 2.61 bits per heavy atom. The lowest BCUT2D eigenvalue weighted by atomic mass is 10.1. The number of ether oxygens (including phenoxy) is 1. The topological polar surface area (TPSA) is 50.6 Å². The predicted octanol–water partition coefficient (Wildman–Crippen LogP) is 2.65. The molecular formula is C22H30N4O2. The summed E-state index contributed by atoms with van der Waals surface area (Å²) in [6.45, 7) is 8.68. The molecule has 0 aliphatic carbocycles. The summed E-state index contributed by atoms with van der Waals surface area (Å²) < 4.78 is 7.73. The van der Waals surface area contributed by atoms with Gasteiger partial charge in [-0.3, -0.25) is 14.4 Å². The molecule has 0 N–H and O–H groups in total. The molecule has 4 rings (SSSR count). The van der Waals surface area contributed by atoms with Crippen molar-refractivity contribution in [3.8, 4) is 0 Å². The quantitative estimate of drug-likeness (QED) is 0.798. The summed E-state index contributed by atoms with van der Waals surface area (Å²) in [5.41, 5.74) is 1.93. The van der Waals surface area contributed by atoms with E-state index in [0.717, 1.165) is 56.7 Å². The van der Waals surface area contributed by atoms with Crippen LogP contribution in [0, 0.1) is 0 Å². The zero-order valence-electron chi connectivity index (χ0n) is 16.8. The maximum absolute atomic E-state index is 13.1. The van der Waals surface area contributed by atoms with Gasteiger partial charge in [-0.2, -0.15) is 5.10 Å². The fourth-order valence-corrected chi connectivity index (χ4v) is 4.52. The summed E-state index contributed by atoms with van der Waals surface area (Å²) in [5, 5.41) is 4.24. The molecule has 6 nitrogen and oxygen atoms in total. The van der Waals surface area contributed by atoms with Crippen LogP contribution >= 0.6 is 0 Å². The van der Waals surface area contributed by atoms with Crippen LogP contribution in [0.3, 0.4) is 0 Å². The summed E-state index contributed by atoms with van der Waals surface area (Å²) in [4.78, 5) is 17.7. The van der Waals surface area contributed by atoms with E-state index in [1.165, 1.54) is 0 Å². The number of morpholine rings is 1. The molecule has 1 amide bonds. The summed E-state index contributed by atoms with van der Waals surface area (Å²) >= 11 is 0. The van der Waals surface area contributed by atoms with Gasteiger partial charge in [0.05, 0.1) is 18.8 Å². The fourth-order valence-electron chi connectivity index (χ4n) is 4.52. The number of rotatable bonds is 5. The Labute approximate surface area is 167 Å². The van der Waals surface area contributed by atoms with Gasteiger partial charge in [0, 0.05) is 50.2 Å². The highest BCUT2D eigenvalue weighted by Gasteiger charge is 2.32. The minimum absolute atomic E-state index is 0.155.